The molecule has 1 aromatic rings. The SMILES string of the molecule is CCCC(=O)N(CC)c1ccc(CC)cc1. The molecule has 0 aliphatic carbocycles. The first kappa shape index (κ1) is 12.8. The Bertz CT molecular complexity index is 329. The van der Waals surface area contributed by atoms with E-state index in [1.807, 2.05) is 30.9 Å². The van der Waals surface area contributed by atoms with Gasteiger partial charge in [0.25, 0.3) is 0 Å². The van der Waals surface area contributed by atoms with E-state index < -0.39 is 0 Å². The molecular weight excluding hydrogens is 198 g/mol. The van der Waals surface area contributed by atoms with Crippen molar-refractivity contribution >= 4 is 11.6 Å². The molecule has 0 saturated heterocycles. The molecule has 2 heteroatoms. The third-order valence-electron chi connectivity index (χ3n) is 2.74. The smallest absolute Gasteiger partial charge is 0.226 e. The molecule has 16 heavy (non-hydrogen) atoms. The van der Waals surface area contributed by atoms with Gasteiger partial charge in [0.05, 0.1) is 0 Å². The molecule has 2 nitrogen and oxygen atoms in total. The molecule has 0 unspecified atom stereocenters. The van der Waals surface area contributed by atoms with E-state index >= 15 is 0 Å². The standard InChI is InChI=1S/C14H21NO/c1-4-7-14(16)15(6-3)13-10-8-12(5-2)9-11-13/h8-11H,4-7H2,1-3H3. The maximum absolute atomic E-state index is 11.9. The highest BCUT2D eigenvalue weighted by molar-refractivity contribution is 5.93. The second kappa shape index (κ2) is 6.31. The van der Waals surface area contributed by atoms with Crippen LogP contribution < -0.4 is 4.90 Å². The second-order valence-electron chi connectivity index (χ2n) is 3.91. The molecule has 0 spiro atoms. The van der Waals surface area contributed by atoms with E-state index in [2.05, 4.69) is 19.1 Å². The van der Waals surface area contributed by atoms with Crippen LogP contribution in [0.2, 0.25) is 0 Å². The molecule has 0 fully saturated rings. The van der Waals surface area contributed by atoms with Crippen LogP contribution in [0.25, 0.3) is 0 Å². The number of amides is 1. The Morgan fingerprint density at radius 3 is 2.19 bits per heavy atom. The highest BCUT2D eigenvalue weighted by atomic mass is 16.2. The molecule has 0 atom stereocenters. The van der Waals surface area contributed by atoms with Crippen LogP contribution in [0.5, 0.6) is 0 Å². The maximum atomic E-state index is 11.9. The van der Waals surface area contributed by atoms with E-state index in [4.69, 9.17) is 0 Å². The van der Waals surface area contributed by atoms with Gasteiger partial charge < -0.3 is 4.90 Å². The van der Waals surface area contributed by atoms with Gasteiger partial charge in [-0.3, -0.25) is 4.79 Å². The molecule has 0 N–H and O–H groups in total. The van der Waals surface area contributed by atoms with Gasteiger partial charge in [-0.2, -0.15) is 0 Å². The fourth-order valence-electron chi connectivity index (χ4n) is 1.76. The van der Waals surface area contributed by atoms with Crippen molar-refractivity contribution in [1.82, 2.24) is 0 Å². The molecule has 0 aliphatic rings. The third-order valence-corrected chi connectivity index (χ3v) is 2.74. The third kappa shape index (κ3) is 3.09. The average Bonchev–Trinajstić information content (AvgIpc) is 2.31. The van der Waals surface area contributed by atoms with Gasteiger partial charge in [0, 0.05) is 18.7 Å². The van der Waals surface area contributed by atoms with Crippen molar-refractivity contribution in [2.24, 2.45) is 0 Å². The summed E-state index contributed by atoms with van der Waals surface area (Å²) in [6, 6.07) is 8.26. The summed E-state index contributed by atoms with van der Waals surface area (Å²) in [5.74, 6) is 0.217. The summed E-state index contributed by atoms with van der Waals surface area (Å²) in [6.45, 7) is 6.92. The molecular formula is C14H21NO. The molecule has 0 aliphatic heterocycles. The van der Waals surface area contributed by atoms with Crippen molar-refractivity contribution in [3.63, 3.8) is 0 Å². The molecule has 0 bridgehead atoms. The number of hydrogen-bond acceptors (Lipinski definition) is 1. The van der Waals surface area contributed by atoms with Crippen molar-refractivity contribution in [2.75, 3.05) is 11.4 Å². The van der Waals surface area contributed by atoms with Crippen LogP contribution in [0.3, 0.4) is 0 Å². The largest absolute Gasteiger partial charge is 0.313 e. The molecule has 0 heterocycles. The van der Waals surface area contributed by atoms with Gasteiger partial charge in [0.15, 0.2) is 0 Å². The van der Waals surface area contributed by atoms with Crippen molar-refractivity contribution in [1.29, 1.82) is 0 Å². The summed E-state index contributed by atoms with van der Waals surface area (Å²) in [4.78, 5) is 13.7. The predicted octanol–water partition coefficient (Wildman–Crippen LogP) is 3.40. The molecule has 1 rings (SSSR count). The first-order valence-corrected chi connectivity index (χ1v) is 6.12. The van der Waals surface area contributed by atoms with Gasteiger partial charge >= 0.3 is 0 Å². The Hall–Kier alpha value is -1.31. The Kier molecular flexibility index (Phi) is 5.03. The maximum Gasteiger partial charge on any atom is 0.226 e. The number of carbonyl (C=O) groups is 1. The molecule has 88 valence electrons. The van der Waals surface area contributed by atoms with Crippen LogP contribution in [0, 0.1) is 0 Å². The Morgan fingerprint density at radius 2 is 1.75 bits per heavy atom. The molecule has 1 amide bonds. The van der Waals surface area contributed by atoms with Crippen molar-refractivity contribution < 1.29 is 4.79 Å². The Balaban J connectivity index is 2.82. The van der Waals surface area contributed by atoms with E-state index in [-0.39, 0.29) is 5.91 Å². The summed E-state index contributed by atoms with van der Waals surface area (Å²) in [5.41, 5.74) is 2.32. The number of benzene rings is 1. The van der Waals surface area contributed by atoms with E-state index in [9.17, 15) is 4.79 Å². The van der Waals surface area contributed by atoms with Gasteiger partial charge in [-0.25, -0.2) is 0 Å². The van der Waals surface area contributed by atoms with Crippen LogP contribution in [-0.2, 0) is 11.2 Å². The second-order valence-corrected chi connectivity index (χ2v) is 3.91. The lowest BCUT2D eigenvalue weighted by Gasteiger charge is -2.21. The summed E-state index contributed by atoms with van der Waals surface area (Å²) < 4.78 is 0. The van der Waals surface area contributed by atoms with Gasteiger partial charge in [-0.05, 0) is 37.5 Å². The van der Waals surface area contributed by atoms with Gasteiger partial charge in [-0.15, -0.1) is 0 Å². The van der Waals surface area contributed by atoms with E-state index in [1.165, 1.54) is 5.56 Å². The lowest BCUT2D eigenvalue weighted by molar-refractivity contribution is -0.118. The predicted molar refractivity (Wildman–Crippen MR) is 68.8 cm³/mol. The lowest BCUT2D eigenvalue weighted by atomic mass is 10.1. The zero-order valence-corrected chi connectivity index (χ0v) is 10.5. The average molecular weight is 219 g/mol. The monoisotopic (exact) mass is 219 g/mol. The van der Waals surface area contributed by atoms with Crippen LogP contribution in [-0.4, -0.2) is 12.5 Å². The number of hydrogen-bond donors (Lipinski definition) is 0. The highest BCUT2D eigenvalue weighted by Gasteiger charge is 2.12. The van der Waals surface area contributed by atoms with Gasteiger partial charge in [-0.1, -0.05) is 26.0 Å². The zero-order valence-electron chi connectivity index (χ0n) is 10.5. The van der Waals surface area contributed by atoms with E-state index in [0.717, 1.165) is 25.1 Å². The number of nitrogens with zero attached hydrogens (tertiary/aromatic N) is 1. The van der Waals surface area contributed by atoms with Crippen molar-refractivity contribution in [2.45, 2.75) is 40.0 Å². The van der Waals surface area contributed by atoms with E-state index in [1.54, 1.807) is 0 Å². The molecule has 0 aromatic heterocycles. The number of rotatable bonds is 5. The molecule has 0 radical (unpaired) electrons. The van der Waals surface area contributed by atoms with Gasteiger partial charge in [0.2, 0.25) is 5.91 Å². The Labute approximate surface area is 98.3 Å². The number of anilines is 1. The fraction of sp³-hybridized carbons (Fsp3) is 0.500. The normalized spacial score (nSPS) is 10.2. The Morgan fingerprint density at radius 1 is 1.12 bits per heavy atom. The molecule has 1 aromatic carbocycles. The topological polar surface area (TPSA) is 20.3 Å². The van der Waals surface area contributed by atoms with Crippen LogP contribution in [0.4, 0.5) is 5.69 Å². The van der Waals surface area contributed by atoms with E-state index in [0.29, 0.717) is 6.42 Å². The zero-order chi connectivity index (χ0) is 12.0. The minimum atomic E-state index is 0.217. The first-order valence-electron chi connectivity index (χ1n) is 6.12. The first-order chi connectivity index (χ1) is 7.72. The molecule has 0 saturated carbocycles. The lowest BCUT2D eigenvalue weighted by Crippen LogP contribution is -2.30. The van der Waals surface area contributed by atoms with Crippen LogP contribution >= 0.6 is 0 Å². The minimum absolute atomic E-state index is 0.217. The summed E-state index contributed by atoms with van der Waals surface area (Å²) in [6.07, 6.45) is 2.57. The summed E-state index contributed by atoms with van der Waals surface area (Å²) in [5, 5.41) is 0. The minimum Gasteiger partial charge on any atom is -0.313 e. The number of aryl methyl sites for hydroxylation is 1. The van der Waals surface area contributed by atoms with Gasteiger partial charge in [0.1, 0.15) is 0 Å². The van der Waals surface area contributed by atoms with Crippen molar-refractivity contribution in [3.8, 4) is 0 Å². The van der Waals surface area contributed by atoms with Crippen molar-refractivity contribution in [3.05, 3.63) is 29.8 Å². The van der Waals surface area contributed by atoms with Crippen LogP contribution in [0.15, 0.2) is 24.3 Å². The quantitative estimate of drug-likeness (QED) is 0.743. The summed E-state index contributed by atoms with van der Waals surface area (Å²) in [7, 11) is 0. The fourth-order valence-corrected chi connectivity index (χ4v) is 1.76. The van der Waals surface area contributed by atoms with Crippen LogP contribution in [0.1, 0.15) is 39.2 Å². The highest BCUT2D eigenvalue weighted by Crippen LogP contribution is 2.16. The number of carbonyl (C=O) groups excluding carboxylic acids is 1. The summed E-state index contributed by atoms with van der Waals surface area (Å²) >= 11 is 0.